The number of anilines is 1. The van der Waals surface area contributed by atoms with E-state index in [-0.39, 0.29) is 0 Å². The van der Waals surface area contributed by atoms with E-state index in [1.165, 1.54) is 0 Å². The summed E-state index contributed by atoms with van der Waals surface area (Å²) < 4.78 is 0. The molecular formula is C16H21ClN2O2. The van der Waals surface area contributed by atoms with E-state index in [0.717, 1.165) is 30.4 Å². The van der Waals surface area contributed by atoms with Crippen LogP contribution in [0.15, 0.2) is 24.3 Å². The van der Waals surface area contributed by atoms with E-state index in [4.69, 9.17) is 16.7 Å². The van der Waals surface area contributed by atoms with Crippen LogP contribution in [0.1, 0.15) is 12.5 Å². The first-order valence-electron chi connectivity index (χ1n) is 7.00. The Morgan fingerprint density at radius 2 is 2.14 bits per heavy atom. The SMILES string of the molecule is CC1CN(c2ccc(Cl)cc2/C=C/C(=O)O)CC1N(C)C. The molecule has 0 saturated carbocycles. The van der Waals surface area contributed by atoms with E-state index in [1.807, 2.05) is 18.2 Å². The van der Waals surface area contributed by atoms with Crippen LogP contribution in [-0.4, -0.2) is 49.2 Å². The van der Waals surface area contributed by atoms with E-state index >= 15 is 0 Å². The normalized spacial score (nSPS) is 22.4. The van der Waals surface area contributed by atoms with Crippen molar-refractivity contribution >= 4 is 29.3 Å². The molecule has 0 amide bonds. The van der Waals surface area contributed by atoms with Gasteiger partial charge in [0, 0.05) is 35.9 Å². The van der Waals surface area contributed by atoms with Crippen LogP contribution in [0.2, 0.25) is 5.02 Å². The molecule has 21 heavy (non-hydrogen) atoms. The third-order valence-electron chi connectivity index (χ3n) is 3.97. The average molecular weight is 309 g/mol. The number of carbonyl (C=O) groups is 1. The zero-order chi connectivity index (χ0) is 15.6. The highest BCUT2D eigenvalue weighted by Crippen LogP contribution is 2.31. The summed E-state index contributed by atoms with van der Waals surface area (Å²) in [6, 6.07) is 6.12. The van der Waals surface area contributed by atoms with Gasteiger partial charge in [0.1, 0.15) is 0 Å². The second-order valence-electron chi connectivity index (χ2n) is 5.79. The minimum atomic E-state index is -0.957. The van der Waals surface area contributed by atoms with Crippen molar-refractivity contribution in [1.82, 2.24) is 4.90 Å². The van der Waals surface area contributed by atoms with Gasteiger partial charge in [-0.25, -0.2) is 4.79 Å². The van der Waals surface area contributed by atoms with Crippen LogP contribution >= 0.6 is 11.6 Å². The third-order valence-corrected chi connectivity index (χ3v) is 4.21. The fraction of sp³-hybridized carbons (Fsp3) is 0.438. The predicted molar refractivity (Wildman–Crippen MR) is 87.0 cm³/mol. The zero-order valence-electron chi connectivity index (χ0n) is 12.6. The molecule has 0 aliphatic carbocycles. The molecule has 2 rings (SSSR count). The molecule has 4 nitrogen and oxygen atoms in total. The summed E-state index contributed by atoms with van der Waals surface area (Å²) in [5.41, 5.74) is 1.88. The van der Waals surface area contributed by atoms with Crippen molar-refractivity contribution in [3.63, 3.8) is 0 Å². The molecule has 1 N–H and O–H groups in total. The Morgan fingerprint density at radius 1 is 1.43 bits per heavy atom. The largest absolute Gasteiger partial charge is 0.478 e. The Balaban J connectivity index is 2.30. The number of likely N-dealkylation sites (N-methyl/N-ethyl adjacent to an activating group) is 1. The molecule has 1 fully saturated rings. The maximum atomic E-state index is 10.7. The van der Waals surface area contributed by atoms with Crippen LogP contribution in [0, 0.1) is 5.92 Å². The number of aliphatic carboxylic acids is 1. The van der Waals surface area contributed by atoms with Gasteiger partial charge in [-0.15, -0.1) is 0 Å². The van der Waals surface area contributed by atoms with Crippen LogP contribution in [0.3, 0.4) is 0 Å². The summed E-state index contributed by atoms with van der Waals surface area (Å²) in [5, 5.41) is 9.43. The summed E-state index contributed by atoms with van der Waals surface area (Å²) in [5.74, 6) is -0.395. The number of carboxylic acids is 1. The standard InChI is InChI=1S/C16H21ClN2O2/c1-11-9-19(10-15(11)18(2)3)14-6-5-13(17)8-12(14)4-7-16(20)21/h4-8,11,15H,9-10H2,1-3H3,(H,20,21)/b7-4+. The average Bonchev–Trinajstić information content (AvgIpc) is 2.78. The quantitative estimate of drug-likeness (QED) is 0.869. The van der Waals surface area contributed by atoms with Gasteiger partial charge in [0.15, 0.2) is 0 Å². The maximum Gasteiger partial charge on any atom is 0.328 e. The van der Waals surface area contributed by atoms with Crippen molar-refractivity contribution < 1.29 is 9.90 Å². The molecule has 5 heteroatoms. The number of benzene rings is 1. The first-order valence-corrected chi connectivity index (χ1v) is 7.38. The lowest BCUT2D eigenvalue weighted by atomic mass is 10.1. The Labute approximate surface area is 130 Å². The minimum Gasteiger partial charge on any atom is -0.478 e. The van der Waals surface area contributed by atoms with Crippen molar-refractivity contribution in [3.05, 3.63) is 34.9 Å². The lowest BCUT2D eigenvalue weighted by molar-refractivity contribution is -0.131. The highest BCUT2D eigenvalue weighted by molar-refractivity contribution is 6.30. The van der Waals surface area contributed by atoms with Crippen LogP contribution < -0.4 is 4.90 Å². The van der Waals surface area contributed by atoms with Gasteiger partial charge in [0.2, 0.25) is 0 Å². The van der Waals surface area contributed by atoms with Gasteiger partial charge in [-0.2, -0.15) is 0 Å². The molecule has 1 saturated heterocycles. The number of halogens is 1. The first-order chi connectivity index (χ1) is 9.88. The fourth-order valence-corrected chi connectivity index (χ4v) is 3.11. The van der Waals surface area contributed by atoms with Crippen molar-refractivity contribution in [3.8, 4) is 0 Å². The van der Waals surface area contributed by atoms with Crippen molar-refractivity contribution in [2.75, 3.05) is 32.1 Å². The Morgan fingerprint density at radius 3 is 2.71 bits per heavy atom. The van der Waals surface area contributed by atoms with E-state index in [9.17, 15) is 4.79 Å². The van der Waals surface area contributed by atoms with E-state index < -0.39 is 5.97 Å². The van der Waals surface area contributed by atoms with Gasteiger partial charge in [-0.1, -0.05) is 18.5 Å². The zero-order valence-corrected chi connectivity index (χ0v) is 13.3. The maximum absolute atomic E-state index is 10.7. The molecule has 0 spiro atoms. The molecule has 0 bridgehead atoms. The smallest absolute Gasteiger partial charge is 0.328 e. The topological polar surface area (TPSA) is 43.8 Å². The molecule has 2 unspecified atom stereocenters. The van der Waals surface area contributed by atoms with Crippen LogP contribution in [0.25, 0.3) is 6.08 Å². The van der Waals surface area contributed by atoms with Crippen LogP contribution in [0.4, 0.5) is 5.69 Å². The number of hydrogen-bond acceptors (Lipinski definition) is 3. The van der Waals surface area contributed by atoms with Crippen LogP contribution in [-0.2, 0) is 4.79 Å². The predicted octanol–water partition coefficient (Wildman–Crippen LogP) is 2.82. The Bertz CT molecular complexity index is 557. The summed E-state index contributed by atoms with van der Waals surface area (Å²) in [6.45, 7) is 4.13. The van der Waals surface area contributed by atoms with Gasteiger partial charge in [-0.05, 0) is 49.9 Å². The molecule has 1 aromatic carbocycles. The molecule has 0 radical (unpaired) electrons. The number of hydrogen-bond donors (Lipinski definition) is 1. The lowest BCUT2D eigenvalue weighted by Crippen LogP contribution is -2.34. The van der Waals surface area contributed by atoms with Gasteiger partial charge < -0.3 is 14.9 Å². The summed E-state index contributed by atoms with van der Waals surface area (Å²) >= 11 is 6.04. The van der Waals surface area contributed by atoms with E-state index in [1.54, 1.807) is 6.08 Å². The Kier molecular flexibility index (Phi) is 4.91. The molecule has 2 atom stereocenters. The highest BCUT2D eigenvalue weighted by Gasteiger charge is 2.31. The summed E-state index contributed by atoms with van der Waals surface area (Å²) in [6.07, 6.45) is 2.76. The molecule has 1 heterocycles. The molecule has 1 aliphatic rings. The molecule has 114 valence electrons. The minimum absolute atomic E-state index is 0.497. The number of nitrogens with zero attached hydrogens (tertiary/aromatic N) is 2. The highest BCUT2D eigenvalue weighted by atomic mass is 35.5. The van der Waals surface area contributed by atoms with Crippen molar-refractivity contribution in [1.29, 1.82) is 0 Å². The second-order valence-corrected chi connectivity index (χ2v) is 6.22. The first kappa shape index (κ1) is 15.9. The third kappa shape index (κ3) is 3.77. The lowest BCUT2D eigenvalue weighted by Gasteiger charge is -2.24. The second kappa shape index (κ2) is 6.50. The summed E-state index contributed by atoms with van der Waals surface area (Å²) in [7, 11) is 4.19. The van der Waals surface area contributed by atoms with Crippen molar-refractivity contribution in [2.24, 2.45) is 5.92 Å². The van der Waals surface area contributed by atoms with Gasteiger partial charge in [-0.3, -0.25) is 0 Å². The Hall–Kier alpha value is -1.52. The monoisotopic (exact) mass is 308 g/mol. The fourth-order valence-electron chi connectivity index (χ4n) is 2.93. The summed E-state index contributed by atoms with van der Waals surface area (Å²) in [4.78, 5) is 15.3. The number of carboxylic acid groups (broad SMARTS) is 1. The van der Waals surface area contributed by atoms with Gasteiger partial charge in [0.25, 0.3) is 0 Å². The molecule has 0 aromatic heterocycles. The van der Waals surface area contributed by atoms with E-state index in [2.05, 4.69) is 30.8 Å². The van der Waals surface area contributed by atoms with Crippen LogP contribution in [0.5, 0.6) is 0 Å². The van der Waals surface area contributed by atoms with E-state index in [0.29, 0.717) is 17.0 Å². The molecule has 1 aliphatic heterocycles. The molecular weight excluding hydrogens is 288 g/mol. The van der Waals surface area contributed by atoms with Gasteiger partial charge >= 0.3 is 5.97 Å². The van der Waals surface area contributed by atoms with Gasteiger partial charge in [0.05, 0.1) is 0 Å². The van der Waals surface area contributed by atoms with Crippen molar-refractivity contribution in [2.45, 2.75) is 13.0 Å². The number of rotatable bonds is 4. The molecule has 1 aromatic rings.